The fourth-order valence-corrected chi connectivity index (χ4v) is 4.43. The lowest BCUT2D eigenvalue weighted by molar-refractivity contribution is 0.354. The third kappa shape index (κ3) is 5.27. The molecule has 4 aromatic rings. The van der Waals surface area contributed by atoms with Crippen LogP contribution >= 0.6 is 11.8 Å². The molecule has 204 valence electrons. The molecule has 0 atom stereocenters. The SMILES string of the molecule is CC(C)(C)c1ccc(Sc2ccc(Oc3c(F)c(F)c(-c4c(F)c(F)c(O)c(F)c4F)c(F)c3F)cc2)cc1. The predicted octanol–water partition coefficient (Wildman–Crippen LogP) is 9.41. The van der Waals surface area contributed by atoms with Crippen LogP contribution in [0.1, 0.15) is 26.3 Å². The molecule has 0 aliphatic heterocycles. The molecule has 0 bridgehead atoms. The number of phenols is 1. The number of phenolic OH excluding ortho intramolecular Hbond substituents is 1. The zero-order valence-corrected chi connectivity index (χ0v) is 21.2. The summed E-state index contributed by atoms with van der Waals surface area (Å²) in [6, 6.07) is 13.4. The molecule has 0 heterocycles. The van der Waals surface area contributed by atoms with E-state index in [1.165, 1.54) is 36.0 Å². The van der Waals surface area contributed by atoms with E-state index < -0.39 is 69.2 Å². The molecule has 0 aromatic heterocycles. The van der Waals surface area contributed by atoms with Gasteiger partial charge in [0.2, 0.25) is 29.0 Å². The summed E-state index contributed by atoms with van der Waals surface area (Å²) >= 11 is 1.36. The van der Waals surface area contributed by atoms with Gasteiger partial charge in [0.25, 0.3) is 0 Å². The molecule has 0 amide bonds. The van der Waals surface area contributed by atoms with E-state index in [2.05, 4.69) is 20.8 Å². The maximum Gasteiger partial charge on any atom is 0.205 e. The van der Waals surface area contributed by atoms with Gasteiger partial charge in [-0.3, -0.25) is 0 Å². The van der Waals surface area contributed by atoms with Gasteiger partial charge in [0.1, 0.15) is 5.75 Å². The second kappa shape index (κ2) is 10.4. The first kappa shape index (κ1) is 28.3. The monoisotopic (exact) mass is 570 g/mol. The molecule has 0 spiro atoms. The number of hydrogen-bond donors (Lipinski definition) is 1. The van der Waals surface area contributed by atoms with Gasteiger partial charge in [-0.25, -0.2) is 17.6 Å². The van der Waals surface area contributed by atoms with Crippen LogP contribution in [0.15, 0.2) is 58.3 Å². The number of ether oxygens (including phenoxy) is 1. The molecule has 11 heteroatoms. The Morgan fingerprint density at radius 1 is 0.564 bits per heavy atom. The van der Waals surface area contributed by atoms with Crippen molar-refractivity contribution < 1.29 is 45.0 Å². The van der Waals surface area contributed by atoms with Gasteiger partial charge in [-0.2, -0.15) is 17.6 Å². The Morgan fingerprint density at radius 2 is 0.949 bits per heavy atom. The van der Waals surface area contributed by atoms with Gasteiger partial charge < -0.3 is 9.84 Å². The first-order valence-corrected chi connectivity index (χ1v) is 12.0. The van der Waals surface area contributed by atoms with Crippen LogP contribution in [0, 0.1) is 46.5 Å². The summed E-state index contributed by atoms with van der Waals surface area (Å²) in [5.74, 6) is -22.9. The van der Waals surface area contributed by atoms with Gasteiger partial charge in [0, 0.05) is 9.79 Å². The molecule has 0 saturated carbocycles. The highest BCUT2D eigenvalue weighted by molar-refractivity contribution is 7.99. The standard InChI is InChI=1S/C28H18F8O2S/c1-28(2,3)12-4-8-14(9-5-12)39-15-10-6-13(7-11-15)38-27-24(35)20(31)17(21(32)25(27)36)16-18(29)22(33)26(37)23(34)19(16)30/h4-11,37H,1-3H3. The van der Waals surface area contributed by atoms with Crippen LogP contribution in [-0.4, -0.2) is 5.11 Å². The molecule has 0 saturated heterocycles. The Bertz CT molecular complexity index is 1510. The average Bonchev–Trinajstić information content (AvgIpc) is 2.90. The Labute approximate surface area is 221 Å². The van der Waals surface area contributed by atoms with Crippen LogP contribution in [0.5, 0.6) is 17.2 Å². The second-order valence-electron chi connectivity index (χ2n) is 9.39. The van der Waals surface area contributed by atoms with E-state index in [1.54, 1.807) is 0 Å². The van der Waals surface area contributed by atoms with Crippen molar-refractivity contribution in [2.24, 2.45) is 0 Å². The highest BCUT2D eigenvalue weighted by Crippen LogP contribution is 2.42. The van der Waals surface area contributed by atoms with Crippen LogP contribution < -0.4 is 4.74 Å². The fourth-order valence-electron chi connectivity index (χ4n) is 3.61. The smallest absolute Gasteiger partial charge is 0.205 e. The summed E-state index contributed by atoms with van der Waals surface area (Å²) in [7, 11) is 0. The van der Waals surface area contributed by atoms with Gasteiger partial charge in [-0.05, 0) is 47.4 Å². The number of benzene rings is 4. The zero-order chi connectivity index (χ0) is 28.8. The minimum atomic E-state index is -2.46. The molecular weight excluding hydrogens is 552 g/mol. The van der Waals surface area contributed by atoms with E-state index in [9.17, 15) is 35.1 Å². The van der Waals surface area contributed by atoms with Crippen LogP contribution in [0.4, 0.5) is 35.1 Å². The third-order valence-electron chi connectivity index (χ3n) is 5.71. The Morgan fingerprint density at radius 3 is 1.36 bits per heavy atom. The lowest BCUT2D eigenvalue weighted by Gasteiger charge is -2.19. The van der Waals surface area contributed by atoms with Crippen molar-refractivity contribution in [2.45, 2.75) is 36.0 Å². The van der Waals surface area contributed by atoms with Gasteiger partial charge >= 0.3 is 0 Å². The van der Waals surface area contributed by atoms with E-state index in [4.69, 9.17) is 9.84 Å². The minimum absolute atomic E-state index is 0.0252. The highest BCUT2D eigenvalue weighted by atomic mass is 32.2. The molecule has 0 aliphatic rings. The van der Waals surface area contributed by atoms with Crippen LogP contribution in [0.25, 0.3) is 11.1 Å². The third-order valence-corrected chi connectivity index (χ3v) is 6.73. The maximum atomic E-state index is 14.7. The van der Waals surface area contributed by atoms with Gasteiger partial charge in [-0.15, -0.1) is 0 Å². The molecule has 0 unspecified atom stereocenters. The highest BCUT2D eigenvalue weighted by Gasteiger charge is 2.35. The maximum absolute atomic E-state index is 14.7. The summed E-state index contributed by atoms with van der Waals surface area (Å²) in [5.41, 5.74) is -3.03. The van der Waals surface area contributed by atoms with Crippen molar-refractivity contribution in [3.63, 3.8) is 0 Å². The van der Waals surface area contributed by atoms with Crippen molar-refractivity contribution in [1.82, 2.24) is 0 Å². The predicted molar refractivity (Wildman–Crippen MR) is 129 cm³/mol. The number of aromatic hydroxyl groups is 1. The van der Waals surface area contributed by atoms with Crippen molar-refractivity contribution in [3.05, 3.63) is 101 Å². The quantitative estimate of drug-likeness (QED) is 0.192. The summed E-state index contributed by atoms with van der Waals surface area (Å²) in [4.78, 5) is 1.59. The van der Waals surface area contributed by atoms with Crippen LogP contribution in [-0.2, 0) is 5.41 Å². The summed E-state index contributed by atoms with van der Waals surface area (Å²) in [6.45, 7) is 6.23. The van der Waals surface area contributed by atoms with Crippen LogP contribution in [0.2, 0.25) is 0 Å². The summed E-state index contributed by atoms with van der Waals surface area (Å²) in [5, 5.41) is 9.05. The molecule has 39 heavy (non-hydrogen) atoms. The largest absolute Gasteiger partial charge is 0.503 e. The summed E-state index contributed by atoms with van der Waals surface area (Å²) in [6.07, 6.45) is 0. The van der Waals surface area contributed by atoms with E-state index in [0.717, 1.165) is 10.5 Å². The van der Waals surface area contributed by atoms with Crippen LogP contribution in [0.3, 0.4) is 0 Å². The lowest BCUT2D eigenvalue weighted by atomic mass is 9.87. The molecule has 0 radical (unpaired) electrons. The van der Waals surface area contributed by atoms with E-state index in [0.29, 0.717) is 4.90 Å². The Balaban J connectivity index is 1.64. The molecule has 4 rings (SSSR count). The van der Waals surface area contributed by atoms with Crippen molar-refractivity contribution in [3.8, 4) is 28.4 Å². The average molecular weight is 571 g/mol. The zero-order valence-electron chi connectivity index (χ0n) is 20.4. The number of hydrogen-bond acceptors (Lipinski definition) is 3. The van der Waals surface area contributed by atoms with Gasteiger partial charge in [0.15, 0.2) is 29.0 Å². The van der Waals surface area contributed by atoms with Crippen molar-refractivity contribution in [1.29, 1.82) is 0 Å². The Kier molecular flexibility index (Phi) is 7.57. The van der Waals surface area contributed by atoms with E-state index in [-0.39, 0.29) is 11.2 Å². The molecule has 0 fully saturated rings. The number of halogens is 8. The van der Waals surface area contributed by atoms with E-state index >= 15 is 0 Å². The van der Waals surface area contributed by atoms with Crippen molar-refractivity contribution in [2.75, 3.05) is 0 Å². The Hall–Kier alpha value is -3.73. The first-order valence-electron chi connectivity index (χ1n) is 11.2. The molecular formula is C28H18F8O2S. The lowest BCUT2D eigenvalue weighted by Crippen LogP contribution is -2.10. The van der Waals surface area contributed by atoms with Gasteiger partial charge in [0.05, 0.1) is 11.1 Å². The number of rotatable bonds is 5. The molecule has 1 N–H and O–H groups in total. The first-order chi connectivity index (χ1) is 18.2. The molecule has 0 aliphatic carbocycles. The minimum Gasteiger partial charge on any atom is -0.503 e. The van der Waals surface area contributed by atoms with Gasteiger partial charge in [-0.1, -0.05) is 44.7 Å². The topological polar surface area (TPSA) is 29.5 Å². The van der Waals surface area contributed by atoms with E-state index in [1.807, 2.05) is 24.3 Å². The second-order valence-corrected chi connectivity index (χ2v) is 10.5. The normalized spacial score (nSPS) is 11.7. The molecule has 4 aromatic carbocycles. The summed E-state index contributed by atoms with van der Waals surface area (Å²) < 4.78 is 120. The van der Waals surface area contributed by atoms with Crippen molar-refractivity contribution >= 4 is 11.8 Å². The molecule has 2 nitrogen and oxygen atoms in total. The fraction of sp³-hybridized carbons (Fsp3) is 0.143.